The number of nitro groups is 1. The highest BCUT2D eigenvalue weighted by molar-refractivity contribution is 7.10. The van der Waals surface area contributed by atoms with Gasteiger partial charge in [0.1, 0.15) is 11.6 Å². The zero-order chi connectivity index (χ0) is 18.5. The molecule has 0 fully saturated rings. The Morgan fingerprint density at radius 2 is 2.04 bits per heavy atom. The molecule has 0 aliphatic carbocycles. The Morgan fingerprint density at radius 3 is 2.50 bits per heavy atom. The molecule has 1 aromatic carbocycles. The summed E-state index contributed by atoms with van der Waals surface area (Å²) in [5, 5.41) is 22.5. The molecule has 9 nitrogen and oxygen atoms in total. The van der Waals surface area contributed by atoms with Crippen molar-refractivity contribution in [1.29, 1.82) is 0 Å². The van der Waals surface area contributed by atoms with Gasteiger partial charge in [-0.25, -0.2) is 9.59 Å². The summed E-state index contributed by atoms with van der Waals surface area (Å²) in [7, 11) is 1.90. The summed E-state index contributed by atoms with van der Waals surface area (Å²) in [6.07, 6.45) is -1.03. The van der Waals surface area contributed by atoms with Crippen molar-refractivity contribution < 1.29 is 28.9 Å². The van der Waals surface area contributed by atoms with E-state index < -0.39 is 28.6 Å². The lowest BCUT2D eigenvalue weighted by atomic mass is 10.1. The van der Waals surface area contributed by atoms with Gasteiger partial charge >= 0.3 is 17.7 Å². The Balaban J connectivity index is 2.93. The molecule has 0 bridgehead atoms. The van der Waals surface area contributed by atoms with Gasteiger partial charge < -0.3 is 19.7 Å². The molecule has 0 saturated carbocycles. The minimum Gasteiger partial charge on any atom is -0.480 e. The second kappa shape index (κ2) is 7.92. The van der Waals surface area contributed by atoms with E-state index in [-0.39, 0.29) is 17.9 Å². The van der Waals surface area contributed by atoms with Crippen LogP contribution in [0.15, 0.2) is 18.2 Å². The molecule has 1 rings (SSSR count). The first-order valence-corrected chi connectivity index (χ1v) is 7.37. The first kappa shape index (κ1) is 19.6. The van der Waals surface area contributed by atoms with Gasteiger partial charge in [-0.2, -0.15) is 0 Å². The molecule has 2 N–H and O–H groups in total. The van der Waals surface area contributed by atoms with Gasteiger partial charge in [0.05, 0.1) is 14.4 Å². The normalized spacial score (nSPS) is 12.2. The van der Waals surface area contributed by atoms with E-state index in [2.05, 4.69) is 5.32 Å². The van der Waals surface area contributed by atoms with Crippen molar-refractivity contribution in [1.82, 2.24) is 5.32 Å². The zero-order valence-corrected chi connectivity index (χ0v) is 14.6. The first-order valence-electron chi connectivity index (χ1n) is 6.90. The second-order valence-corrected chi connectivity index (χ2v) is 6.15. The topological polar surface area (TPSA) is 128 Å². The Kier molecular flexibility index (Phi) is 6.48. The van der Waals surface area contributed by atoms with Crippen LogP contribution in [-0.4, -0.2) is 33.7 Å². The Labute approximate surface area is 140 Å². The summed E-state index contributed by atoms with van der Waals surface area (Å²) in [6, 6.07) is 2.75. The monoisotopic (exact) mass is 358 g/mol. The standard InChI is InChI=1S/C14H19N2O7P/c1-14(2,3)22-13(19)15-9(12(17)18)6-8-4-5-11(23-24)10(7-8)16(20)21/h4-5,7,9H,6,24H2,1-3H3,(H,15,19)(H,17,18)/t9-/m0/s1. The van der Waals surface area contributed by atoms with Crippen LogP contribution >= 0.6 is 9.47 Å². The van der Waals surface area contributed by atoms with E-state index >= 15 is 0 Å². The average molecular weight is 358 g/mol. The van der Waals surface area contributed by atoms with Gasteiger partial charge in [-0.3, -0.25) is 10.1 Å². The highest BCUT2D eigenvalue weighted by atomic mass is 31.0. The quantitative estimate of drug-likeness (QED) is 0.453. The number of amides is 1. The largest absolute Gasteiger partial charge is 0.480 e. The van der Waals surface area contributed by atoms with Crippen LogP contribution in [0.3, 0.4) is 0 Å². The third-order valence-electron chi connectivity index (χ3n) is 2.78. The fourth-order valence-electron chi connectivity index (χ4n) is 1.82. The summed E-state index contributed by atoms with van der Waals surface area (Å²) >= 11 is 0. The van der Waals surface area contributed by atoms with Crippen molar-refractivity contribution in [2.75, 3.05) is 0 Å². The number of carboxylic acids is 1. The van der Waals surface area contributed by atoms with Crippen LogP contribution < -0.4 is 9.84 Å². The maximum absolute atomic E-state index is 11.7. The Hall–Kier alpha value is -2.41. The van der Waals surface area contributed by atoms with Gasteiger partial charge in [-0.1, -0.05) is 6.07 Å². The van der Waals surface area contributed by atoms with E-state index in [9.17, 15) is 24.8 Å². The third kappa shape index (κ3) is 6.00. The fraction of sp³-hybridized carbons (Fsp3) is 0.429. The van der Waals surface area contributed by atoms with E-state index in [1.165, 1.54) is 18.2 Å². The summed E-state index contributed by atoms with van der Waals surface area (Å²) < 4.78 is 9.81. The third-order valence-corrected chi connectivity index (χ3v) is 3.03. The number of benzene rings is 1. The number of carboxylic acid groups (broad SMARTS) is 1. The van der Waals surface area contributed by atoms with Gasteiger partial charge in [0.25, 0.3) is 0 Å². The number of hydrogen-bond acceptors (Lipinski definition) is 6. The van der Waals surface area contributed by atoms with Crippen molar-refractivity contribution in [3.63, 3.8) is 0 Å². The van der Waals surface area contributed by atoms with Crippen molar-refractivity contribution in [3.8, 4) is 5.75 Å². The lowest BCUT2D eigenvalue weighted by molar-refractivity contribution is -0.385. The van der Waals surface area contributed by atoms with Crippen LogP contribution in [-0.2, 0) is 16.0 Å². The summed E-state index contributed by atoms with van der Waals surface area (Å²) in [5.41, 5.74) is -0.719. The zero-order valence-electron chi connectivity index (χ0n) is 13.4. The molecule has 10 heteroatoms. The molecule has 0 spiro atoms. The molecule has 132 valence electrons. The van der Waals surface area contributed by atoms with Crippen molar-refractivity contribution >= 4 is 27.2 Å². The van der Waals surface area contributed by atoms with Crippen LogP contribution in [0.4, 0.5) is 10.5 Å². The van der Waals surface area contributed by atoms with Gasteiger partial charge in [0, 0.05) is 12.5 Å². The van der Waals surface area contributed by atoms with Crippen LogP contribution in [0, 0.1) is 10.1 Å². The minimum absolute atomic E-state index is 0.0285. The highest BCUT2D eigenvalue weighted by Crippen LogP contribution is 2.29. The maximum atomic E-state index is 11.7. The summed E-state index contributed by atoms with van der Waals surface area (Å²) in [5.74, 6) is -1.25. The van der Waals surface area contributed by atoms with E-state index in [0.717, 1.165) is 0 Å². The number of carbonyl (C=O) groups is 2. The predicted octanol–water partition coefficient (Wildman–Crippen LogP) is 2.28. The number of nitrogens with zero attached hydrogens (tertiary/aromatic N) is 1. The molecule has 0 heterocycles. The number of aliphatic carboxylic acids is 1. The van der Waals surface area contributed by atoms with E-state index in [1.807, 2.05) is 9.47 Å². The van der Waals surface area contributed by atoms with Gasteiger partial charge in [0.2, 0.25) is 0 Å². The highest BCUT2D eigenvalue weighted by Gasteiger charge is 2.25. The molecule has 0 aliphatic heterocycles. The molecule has 1 aromatic rings. The first-order chi connectivity index (χ1) is 11.0. The molecule has 0 radical (unpaired) electrons. The van der Waals surface area contributed by atoms with Gasteiger partial charge in [0.15, 0.2) is 5.75 Å². The number of nitro benzene ring substituents is 1. The lowest BCUT2D eigenvalue weighted by Crippen LogP contribution is -2.44. The molecule has 1 amide bonds. The van der Waals surface area contributed by atoms with Gasteiger partial charge in [-0.05, 0) is 32.4 Å². The molecular weight excluding hydrogens is 339 g/mol. The molecule has 24 heavy (non-hydrogen) atoms. The fourth-order valence-corrected chi connectivity index (χ4v) is 2.02. The molecule has 0 aromatic heterocycles. The molecule has 0 aliphatic rings. The number of nitrogens with one attached hydrogen (secondary N) is 1. The number of ether oxygens (including phenoxy) is 1. The smallest absolute Gasteiger partial charge is 0.408 e. The van der Waals surface area contributed by atoms with Crippen LogP contribution in [0.2, 0.25) is 0 Å². The van der Waals surface area contributed by atoms with Crippen LogP contribution in [0.25, 0.3) is 0 Å². The summed E-state index contributed by atoms with van der Waals surface area (Å²) in [6.45, 7) is 4.94. The van der Waals surface area contributed by atoms with Gasteiger partial charge in [-0.15, -0.1) is 0 Å². The average Bonchev–Trinajstić information content (AvgIpc) is 2.44. The molecule has 2 atom stereocenters. The number of rotatable bonds is 6. The minimum atomic E-state index is -1.29. The molecule has 0 saturated heterocycles. The summed E-state index contributed by atoms with van der Waals surface area (Å²) in [4.78, 5) is 33.4. The van der Waals surface area contributed by atoms with Crippen molar-refractivity contribution in [3.05, 3.63) is 33.9 Å². The maximum Gasteiger partial charge on any atom is 0.408 e. The van der Waals surface area contributed by atoms with Crippen LogP contribution in [0.1, 0.15) is 26.3 Å². The number of hydrogen-bond donors (Lipinski definition) is 2. The Morgan fingerprint density at radius 1 is 1.42 bits per heavy atom. The SMILES string of the molecule is CC(C)(C)OC(=O)N[C@@H](Cc1ccc(OP)c([N+](=O)[O-])c1)C(=O)O. The van der Waals surface area contributed by atoms with E-state index in [1.54, 1.807) is 20.8 Å². The molecule has 1 unspecified atom stereocenters. The van der Waals surface area contributed by atoms with Crippen LogP contribution in [0.5, 0.6) is 5.75 Å². The predicted molar refractivity (Wildman–Crippen MR) is 87.9 cm³/mol. The number of alkyl carbamates (subject to hydrolysis) is 1. The molecular formula is C14H19N2O7P. The van der Waals surface area contributed by atoms with Crippen molar-refractivity contribution in [2.24, 2.45) is 0 Å². The Bertz CT molecular complexity index is 643. The second-order valence-electron chi connectivity index (χ2n) is 5.92. The lowest BCUT2D eigenvalue weighted by Gasteiger charge is -2.22. The van der Waals surface area contributed by atoms with Crippen molar-refractivity contribution in [2.45, 2.75) is 38.8 Å². The van der Waals surface area contributed by atoms with E-state index in [4.69, 9.17) is 9.26 Å². The number of carbonyl (C=O) groups excluding carboxylic acids is 1. The van der Waals surface area contributed by atoms with E-state index in [0.29, 0.717) is 5.56 Å².